The molecule has 0 unspecified atom stereocenters. The summed E-state index contributed by atoms with van der Waals surface area (Å²) in [7, 11) is 0. The summed E-state index contributed by atoms with van der Waals surface area (Å²) in [5, 5.41) is 16.5. The second kappa shape index (κ2) is 1.20. The molecule has 0 aliphatic heterocycles. The lowest BCUT2D eigenvalue weighted by Gasteiger charge is -1.79. The van der Waals surface area contributed by atoms with Crippen LogP contribution in [-0.4, -0.2) is 22.3 Å². The van der Waals surface area contributed by atoms with Crippen LogP contribution in [0.4, 0.5) is 0 Å². The van der Waals surface area contributed by atoms with E-state index in [0.717, 1.165) is 0 Å². The van der Waals surface area contributed by atoms with Gasteiger partial charge >= 0.3 is 5.97 Å². The van der Waals surface area contributed by atoms with Crippen molar-refractivity contribution in [1.29, 1.82) is 0 Å². The first-order chi connectivity index (χ1) is 3.22. The van der Waals surface area contributed by atoms with Crippen molar-refractivity contribution in [3.63, 3.8) is 0 Å². The maximum Gasteiger partial charge on any atom is 0.309 e. The fraction of sp³-hybridized carbons (Fsp3) is 0.750. The first-order valence-corrected chi connectivity index (χ1v) is 2.12. The Morgan fingerprint density at radius 1 is 1.71 bits per heavy atom. The third-order valence-electron chi connectivity index (χ3n) is 1.07. The summed E-state index contributed by atoms with van der Waals surface area (Å²) in [5.74, 6) is -1.34. The molecule has 1 saturated carbocycles. The van der Waals surface area contributed by atoms with Crippen molar-refractivity contribution in [3.05, 3.63) is 0 Å². The van der Waals surface area contributed by atoms with E-state index in [-0.39, 0.29) is 0 Å². The largest absolute Gasteiger partial charge is 0.481 e. The van der Waals surface area contributed by atoms with Crippen LogP contribution in [0.3, 0.4) is 0 Å². The van der Waals surface area contributed by atoms with E-state index in [1.54, 1.807) is 0 Å². The molecule has 0 aromatic heterocycles. The molecular weight excluding hydrogens is 96.0 g/mol. The molecule has 7 heavy (non-hydrogen) atoms. The van der Waals surface area contributed by atoms with Crippen LogP contribution in [0.15, 0.2) is 0 Å². The van der Waals surface area contributed by atoms with E-state index in [4.69, 9.17) is 10.2 Å². The minimum absolute atomic E-state index is 0.440. The lowest BCUT2D eigenvalue weighted by Crippen LogP contribution is -2.00. The van der Waals surface area contributed by atoms with Crippen molar-refractivity contribution < 1.29 is 15.0 Å². The molecule has 0 aromatic carbocycles. The topological polar surface area (TPSA) is 57.5 Å². The number of hydrogen-bond donors (Lipinski definition) is 2. The summed E-state index contributed by atoms with van der Waals surface area (Å²) < 4.78 is 0. The zero-order valence-electron chi connectivity index (χ0n) is 3.66. The van der Waals surface area contributed by atoms with E-state index in [0.29, 0.717) is 6.42 Å². The highest BCUT2D eigenvalue weighted by molar-refractivity contribution is 5.73. The molecule has 0 bridgehead atoms. The van der Waals surface area contributed by atoms with Crippen LogP contribution < -0.4 is 0 Å². The molecule has 3 heteroatoms. The monoisotopic (exact) mass is 102 g/mol. The fourth-order valence-electron chi connectivity index (χ4n) is 0.447. The predicted molar refractivity (Wildman–Crippen MR) is 21.7 cm³/mol. The number of carboxylic acids is 1. The summed E-state index contributed by atoms with van der Waals surface area (Å²) in [5.41, 5.74) is 0. The number of aliphatic hydroxyl groups excluding tert-OH is 1. The van der Waals surface area contributed by atoms with Crippen LogP contribution in [0.5, 0.6) is 0 Å². The Hall–Kier alpha value is -0.570. The van der Waals surface area contributed by atoms with Crippen LogP contribution in [-0.2, 0) is 4.79 Å². The van der Waals surface area contributed by atoms with Gasteiger partial charge in [-0.2, -0.15) is 0 Å². The summed E-state index contributed by atoms with van der Waals surface area (Å²) >= 11 is 0. The number of carboxylic acid groups (broad SMARTS) is 1. The van der Waals surface area contributed by atoms with Crippen LogP contribution in [0, 0.1) is 5.92 Å². The van der Waals surface area contributed by atoms with Gasteiger partial charge in [0.05, 0.1) is 12.0 Å². The van der Waals surface area contributed by atoms with Crippen molar-refractivity contribution in [3.8, 4) is 0 Å². The number of rotatable bonds is 1. The molecule has 3 nitrogen and oxygen atoms in total. The fourth-order valence-corrected chi connectivity index (χ4v) is 0.447. The van der Waals surface area contributed by atoms with Crippen molar-refractivity contribution in [2.45, 2.75) is 12.5 Å². The normalized spacial score (nSPS) is 37.9. The van der Waals surface area contributed by atoms with Gasteiger partial charge < -0.3 is 10.2 Å². The van der Waals surface area contributed by atoms with Crippen LogP contribution in [0.25, 0.3) is 0 Å². The molecule has 40 valence electrons. The number of hydrogen-bond acceptors (Lipinski definition) is 2. The summed E-state index contributed by atoms with van der Waals surface area (Å²) in [6.07, 6.45) is -0.118. The molecule has 1 rings (SSSR count). The molecule has 0 aromatic rings. The molecule has 0 radical (unpaired) electrons. The van der Waals surface area contributed by atoms with Gasteiger partial charge in [-0.3, -0.25) is 4.79 Å². The van der Waals surface area contributed by atoms with Gasteiger partial charge in [0.15, 0.2) is 0 Å². The Kier molecular flexibility index (Phi) is 0.785. The van der Waals surface area contributed by atoms with Gasteiger partial charge in [-0.15, -0.1) is 0 Å². The van der Waals surface area contributed by atoms with Crippen molar-refractivity contribution in [2.75, 3.05) is 0 Å². The van der Waals surface area contributed by atoms with E-state index in [2.05, 4.69) is 0 Å². The Morgan fingerprint density at radius 3 is 2.14 bits per heavy atom. The van der Waals surface area contributed by atoms with E-state index < -0.39 is 18.0 Å². The second-order valence-corrected chi connectivity index (χ2v) is 1.75. The highest BCUT2D eigenvalue weighted by Gasteiger charge is 2.41. The number of aliphatic carboxylic acids is 1. The first-order valence-electron chi connectivity index (χ1n) is 2.12. The van der Waals surface area contributed by atoms with E-state index in [9.17, 15) is 4.79 Å². The van der Waals surface area contributed by atoms with Gasteiger partial charge in [-0.1, -0.05) is 0 Å². The molecule has 1 aliphatic rings. The summed E-state index contributed by atoms with van der Waals surface area (Å²) in [6.45, 7) is 0. The summed E-state index contributed by atoms with van der Waals surface area (Å²) in [6, 6.07) is 0. The lowest BCUT2D eigenvalue weighted by molar-refractivity contribution is -0.139. The first kappa shape index (κ1) is 4.59. The third kappa shape index (κ3) is 0.718. The van der Waals surface area contributed by atoms with Gasteiger partial charge in [0.2, 0.25) is 0 Å². The molecule has 0 saturated heterocycles. The molecule has 0 heterocycles. The lowest BCUT2D eigenvalue weighted by atomic mass is 10.4. The Bertz CT molecular complexity index is 99.1. The van der Waals surface area contributed by atoms with Crippen molar-refractivity contribution in [2.24, 2.45) is 5.92 Å². The highest BCUT2D eigenvalue weighted by atomic mass is 16.4. The van der Waals surface area contributed by atoms with Crippen molar-refractivity contribution in [1.82, 2.24) is 0 Å². The number of carbonyl (C=O) groups is 1. The molecule has 1 fully saturated rings. The van der Waals surface area contributed by atoms with Crippen molar-refractivity contribution >= 4 is 5.97 Å². The SMILES string of the molecule is O=C(O)[C@@H]1C[C@H]1O. The molecule has 2 N–H and O–H groups in total. The molecular formula is C4H6O3. The standard InChI is InChI=1S/C4H6O3/c5-3-1-2(3)4(6)7/h2-3,5H,1H2,(H,6,7)/t2-,3-/m1/s1. The maximum atomic E-state index is 9.81. The molecule has 0 spiro atoms. The smallest absolute Gasteiger partial charge is 0.309 e. The molecule has 1 aliphatic carbocycles. The zero-order valence-corrected chi connectivity index (χ0v) is 3.66. The Morgan fingerprint density at radius 2 is 2.14 bits per heavy atom. The van der Waals surface area contributed by atoms with Crippen LogP contribution >= 0.6 is 0 Å². The zero-order chi connectivity index (χ0) is 5.44. The van der Waals surface area contributed by atoms with Gasteiger partial charge in [0.1, 0.15) is 0 Å². The minimum Gasteiger partial charge on any atom is -0.481 e. The van der Waals surface area contributed by atoms with Gasteiger partial charge in [-0.05, 0) is 6.42 Å². The summed E-state index contributed by atoms with van der Waals surface area (Å²) in [4.78, 5) is 9.81. The van der Waals surface area contributed by atoms with Gasteiger partial charge in [0, 0.05) is 0 Å². The van der Waals surface area contributed by atoms with E-state index in [1.165, 1.54) is 0 Å². The van der Waals surface area contributed by atoms with Gasteiger partial charge in [-0.25, -0.2) is 0 Å². The molecule has 2 atom stereocenters. The Labute approximate surface area is 40.6 Å². The minimum atomic E-state index is -0.882. The third-order valence-corrected chi connectivity index (χ3v) is 1.07. The maximum absolute atomic E-state index is 9.81. The highest BCUT2D eigenvalue weighted by Crippen LogP contribution is 2.29. The van der Waals surface area contributed by atoms with E-state index >= 15 is 0 Å². The predicted octanol–water partition coefficient (Wildman–Crippen LogP) is -0.548. The average Bonchev–Trinajstić information content (AvgIpc) is 2.17. The van der Waals surface area contributed by atoms with Crippen LogP contribution in [0.1, 0.15) is 6.42 Å². The quantitative estimate of drug-likeness (QED) is 0.467. The van der Waals surface area contributed by atoms with Gasteiger partial charge in [0.25, 0.3) is 0 Å². The van der Waals surface area contributed by atoms with E-state index in [1.807, 2.05) is 0 Å². The molecule has 0 amide bonds. The van der Waals surface area contributed by atoms with Crippen LogP contribution in [0.2, 0.25) is 0 Å². The second-order valence-electron chi connectivity index (χ2n) is 1.75. The number of aliphatic hydroxyl groups is 1. The Balaban J connectivity index is 2.33. The average molecular weight is 102 g/mol.